The van der Waals surface area contributed by atoms with E-state index in [4.69, 9.17) is 0 Å². The molecule has 17 heavy (non-hydrogen) atoms. The molecular formula is C15H18N2. The summed E-state index contributed by atoms with van der Waals surface area (Å²) in [5.74, 6) is 0. The van der Waals surface area contributed by atoms with E-state index in [9.17, 15) is 0 Å². The fourth-order valence-electron chi connectivity index (χ4n) is 2.74. The second-order valence-electron chi connectivity index (χ2n) is 5.25. The van der Waals surface area contributed by atoms with Crippen LogP contribution in [0.25, 0.3) is 10.8 Å². The highest BCUT2D eigenvalue weighted by atomic mass is 15.0. The first-order valence-corrected chi connectivity index (χ1v) is 6.29. The number of aromatic nitrogens is 1. The third kappa shape index (κ3) is 1.83. The molecule has 3 rings (SSSR count). The normalized spacial score (nSPS) is 24.4. The van der Waals surface area contributed by atoms with Crippen LogP contribution in [-0.2, 0) is 5.54 Å². The molecule has 0 spiro atoms. The molecular weight excluding hydrogens is 208 g/mol. The van der Waals surface area contributed by atoms with Crippen LogP contribution in [0, 0.1) is 6.92 Å². The Morgan fingerprint density at radius 2 is 2.12 bits per heavy atom. The van der Waals surface area contributed by atoms with Crippen molar-refractivity contribution in [1.29, 1.82) is 0 Å². The van der Waals surface area contributed by atoms with Gasteiger partial charge in [-0.3, -0.25) is 4.98 Å². The summed E-state index contributed by atoms with van der Waals surface area (Å²) in [6.45, 7) is 5.46. The lowest BCUT2D eigenvalue weighted by Gasteiger charge is -2.25. The van der Waals surface area contributed by atoms with Crippen LogP contribution >= 0.6 is 0 Å². The van der Waals surface area contributed by atoms with Gasteiger partial charge in [-0.2, -0.15) is 0 Å². The molecule has 0 saturated carbocycles. The van der Waals surface area contributed by atoms with Crippen molar-refractivity contribution in [2.24, 2.45) is 0 Å². The van der Waals surface area contributed by atoms with Crippen LogP contribution in [0.1, 0.15) is 31.0 Å². The van der Waals surface area contributed by atoms with Gasteiger partial charge < -0.3 is 5.32 Å². The van der Waals surface area contributed by atoms with Gasteiger partial charge in [-0.05, 0) is 56.3 Å². The molecule has 1 aliphatic heterocycles. The predicted octanol–water partition coefficient (Wildman–Crippen LogP) is 3.14. The van der Waals surface area contributed by atoms with Gasteiger partial charge in [-0.1, -0.05) is 12.1 Å². The summed E-state index contributed by atoms with van der Waals surface area (Å²) in [6, 6.07) is 8.88. The molecule has 1 aliphatic rings. The highest BCUT2D eigenvalue weighted by Crippen LogP contribution is 2.31. The number of pyridine rings is 1. The number of fused-ring (bicyclic) bond motifs is 1. The minimum atomic E-state index is 0.152. The Hall–Kier alpha value is -1.41. The second-order valence-corrected chi connectivity index (χ2v) is 5.25. The number of aryl methyl sites for hydroxylation is 1. The van der Waals surface area contributed by atoms with E-state index in [1.54, 1.807) is 0 Å². The quantitative estimate of drug-likeness (QED) is 0.808. The van der Waals surface area contributed by atoms with Crippen LogP contribution in [0.4, 0.5) is 0 Å². The van der Waals surface area contributed by atoms with Crippen LogP contribution in [0.5, 0.6) is 0 Å². The summed E-state index contributed by atoms with van der Waals surface area (Å²) < 4.78 is 0. The molecule has 1 aromatic carbocycles. The Morgan fingerprint density at radius 3 is 2.88 bits per heavy atom. The van der Waals surface area contributed by atoms with Crippen LogP contribution in [0.15, 0.2) is 30.5 Å². The van der Waals surface area contributed by atoms with Crippen molar-refractivity contribution in [3.05, 3.63) is 41.7 Å². The molecule has 1 unspecified atom stereocenters. The standard InChI is InChI=1S/C15H18N2/c1-11-8-12-4-5-14(9-13(12)10-16-11)15(2)6-3-7-17-15/h4-5,8-10,17H,3,6-7H2,1-2H3. The topological polar surface area (TPSA) is 24.9 Å². The molecule has 2 nitrogen and oxygen atoms in total. The Bertz CT molecular complexity index is 554. The monoisotopic (exact) mass is 226 g/mol. The Balaban J connectivity index is 2.10. The van der Waals surface area contributed by atoms with Gasteiger partial charge in [0.25, 0.3) is 0 Å². The van der Waals surface area contributed by atoms with E-state index in [1.807, 2.05) is 13.1 Å². The summed E-state index contributed by atoms with van der Waals surface area (Å²) in [5, 5.41) is 6.12. The average molecular weight is 226 g/mol. The number of benzene rings is 1. The van der Waals surface area contributed by atoms with E-state index in [-0.39, 0.29) is 5.54 Å². The van der Waals surface area contributed by atoms with Crippen molar-refractivity contribution >= 4 is 10.8 Å². The van der Waals surface area contributed by atoms with E-state index in [0.717, 1.165) is 12.2 Å². The van der Waals surface area contributed by atoms with Crippen LogP contribution < -0.4 is 5.32 Å². The summed E-state index contributed by atoms with van der Waals surface area (Å²) in [4.78, 5) is 4.38. The Morgan fingerprint density at radius 1 is 1.24 bits per heavy atom. The number of hydrogen-bond acceptors (Lipinski definition) is 2. The van der Waals surface area contributed by atoms with Crippen molar-refractivity contribution in [2.45, 2.75) is 32.2 Å². The number of rotatable bonds is 1. The third-order valence-corrected chi connectivity index (χ3v) is 3.86. The summed E-state index contributed by atoms with van der Waals surface area (Å²) in [7, 11) is 0. The molecule has 2 heterocycles. The van der Waals surface area contributed by atoms with Crippen molar-refractivity contribution in [2.75, 3.05) is 6.54 Å². The molecule has 1 N–H and O–H groups in total. The van der Waals surface area contributed by atoms with E-state index in [1.165, 1.54) is 29.2 Å². The molecule has 0 aliphatic carbocycles. The highest BCUT2D eigenvalue weighted by Gasteiger charge is 2.29. The zero-order valence-electron chi connectivity index (χ0n) is 10.5. The molecule has 2 heteroatoms. The average Bonchev–Trinajstić information content (AvgIpc) is 2.77. The van der Waals surface area contributed by atoms with Gasteiger partial charge in [0.2, 0.25) is 0 Å². The van der Waals surface area contributed by atoms with E-state index in [2.05, 4.69) is 41.5 Å². The largest absolute Gasteiger partial charge is 0.308 e. The minimum absolute atomic E-state index is 0.152. The molecule has 0 amide bonds. The van der Waals surface area contributed by atoms with Crippen LogP contribution in [0.3, 0.4) is 0 Å². The summed E-state index contributed by atoms with van der Waals surface area (Å²) in [5.41, 5.74) is 2.61. The maximum atomic E-state index is 4.38. The van der Waals surface area contributed by atoms with Gasteiger partial charge in [0.15, 0.2) is 0 Å². The molecule has 1 aromatic heterocycles. The Labute approximate surface area is 102 Å². The Kier molecular flexibility index (Phi) is 2.40. The SMILES string of the molecule is Cc1cc2ccc(C3(C)CCCN3)cc2cn1. The zero-order valence-corrected chi connectivity index (χ0v) is 10.5. The number of nitrogens with one attached hydrogen (secondary N) is 1. The van der Waals surface area contributed by atoms with Crippen LogP contribution in [0.2, 0.25) is 0 Å². The van der Waals surface area contributed by atoms with Gasteiger partial charge in [0.05, 0.1) is 0 Å². The van der Waals surface area contributed by atoms with Gasteiger partial charge >= 0.3 is 0 Å². The molecule has 0 radical (unpaired) electrons. The lowest BCUT2D eigenvalue weighted by atomic mass is 9.89. The first-order chi connectivity index (χ1) is 8.17. The summed E-state index contributed by atoms with van der Waals surface area (Å²) in [6.07, 6.45) is 4.46. The van der Waals surface area contributed by atoms with Crippen molar-refractivity contribution in [3.8, 4) is 0 Å². The second kappa shape index (κ2) is 3.81. The smallest absolute Gasteiger partial charge is 0.0406 e. The van der Waals surface area contributed by atoms with Crippen molar-refractivity contribution < 1.29 is 0 Å². The first-order valence-electron chi connectivity index (χ1n) is 6.29. The van der Waals surface area contributed by atoms with E-state index >= 15 is 0 Å². The minimum Gasteiger partial charge on any atom is -0.308 e. The first kappa shape index (κ1) is 10.7. The maximum absolute atomic E-state index is 4.38. The fourth-order valence-corrected chi connectivity index (χ4v) is 2.74. The maximum Gasteiger partial charge on any atom is 0.0406 e. The lowest BCUT2D eigenvalue weighted by molar-refractivity contribution is 0.435. The zero-order chi connectivity index (χ0) is 11.9. The van der Waals surface area contributed by atoms with Crippen molar-refractivity contribution in [3.63, 3.8) is 0 Å². The number of hydrogen-bond donors (Lipinski definition) is 1. The lowest BCUT2D eigenvalue weighted by Crippen LogP contribution is -2.32. The van der Waals surface area contributed by atoms with E-state index in [0.29, 0.717) is 0 Å². The molecule has 1 atom stereocenters. The summed E-state index contributed by atoms with van der Waals surface area (Å²) >= 11 is 0. The van der Waals surface area contributed by atoms with Gasteiger partial charge in [-0.25, -0.2) is 0 Å². The molecule has 0 bridgehead atoms. The fraction of sp³-hybridized carbons (Fsp3) is 0.400. The predicted molar refractivity (Wildman–Crippen MR) is 71.1 cm³/mol. The van der Waals surface area contributed by atoms with Gasteiger partial charge in [0.1, 0.15) is 0 Å². The highest BCUT2D eigenvalue weighted by molar-refractivity contribution is 5.82. The van der Waals surface area contributed by atoms with E-state index < -0.39 is 0 Å². The molecule has 88 valence electrons. The third-order valence-electron chi connectivity index (χ3n) is 3.86. The molecule has 1 saturated heterocycles. The van der Waals surface area contributed by atoms with Crippen molar-refractivity contribution in [1.82, 2.24) is 10.3 Å². The van der Waals surface area contributed by atoms with Gasteiger partial charge in [0, 0.05) is 22.8 Å². The number of nitrogens with zero attached hydrogens (tertiary/aromatic N) is 1. The molecule has 1 fully saturated rings. The van der Waals surface area contributed by atoms with Crippen LogP contribution in [-0.4, -0.2) is 11.5 Å². The van der Waals surface area contributed by atoms with Gasteiger partial charge in [-0.15, -0.1) is 0 Å². The molecule has 2 aromatic rings.